The van der Waals surface area contributed by atoms with Crippen LogP contribution >= 0.6 is 0 Å². The number of para-hydroxylation sites is 1. The first-order valence-corrected chi connectivity index (χ1v) is 12.3. The van der Waals surface area contributed by atoms with Crippen molar-refractivity contribution >= 4 is 17.4 Å². The average Bonchev–Trinajstić information content (AvgIpc) is 3.13. The summed E-state index contributed by atoms with van der Waals surface area (Å²) < 4.78 is 11.2. The SMILES string of the molecule is COc1ccccc1C1/C(=C(\O)c2ccc(OC)c(C(C)(C)C)c2)C(=O)C(=O)N1C1CCCCC1. The van der Waals surface area contributed by atoms with E-state index < -0.39 is 17.7 Å². The van der Waals surface area contributed by atoms with Gasteiger partial charge < -0.3 is 19.5 Å². The van der Waals surface area contributed by atoms with Crippen LogP contribution in [0.3, 0.4) is 0 Å². The van der Waals surface area contributed by atoms with Gasteiger partial charge in [0.05, 0.1) is 25.8 Å². The van der Waals surface area contributed by atoms with Crippen LogP contribution in [0, 0.1) is 0 Å². The molecule has 0 aromatic heterocycles. The fourth-order valence-electron chi connectivity index (χ4n) is 5.38. The van der Waals surface area contributed by atoms with Crippen molar-refractivity contribution in [1.82, 2.24) is 4.90 Å². The zero-order valence-corrected chi connectivity index (χ0v) is 21.3. The molecule has 4 rings (SSSR count). The minimum Gasteiger partial charge on any atom is -0.507 e. The number of benzene rings is 2. The van der Waals surface area contributed by atoms with Gasteiger partial charge in [0, 0.05) is 22.7 Å². The molecule has 0 radical (unpaired) electrons. The highest BCUT2D eigenvalue weighted by atomic mass is 16.5. The van der Waals surface area contributed by atoms with Gasteiger partial charge in [-0.3, -0.25) is 9.59 Å². The molecule has 1 N–H and O–H groups in total. The average molecular weight is 478 g/mol. The molecule has 2 fully saturated rings. The van der Waals surface area contributed by atoms with Gasteiger partial charge in [-0.05, 0) is 42.5 Å². The van der Waals surface area contributed by atoms with Crippen LogP contribution in [-0.4, -0.2) is 42.0 Å². The van der Waals surface area contributed by atoms with Crippen molar-refractivity contribution in [2.75, 3.05) is 14.2 Å². The van der Waals surface area contributed by atoms with Crippen molar-refractivity contribution in [1.29, 1.82) is 0 Å². The lowest BCUT2D eigenvalue weighted by molar-refractivity contribution is -0.141. The highest BCUT2D eigenvalue weighted by Gasteiger charge is 2.49. The summed E-state index contributed by atoms with van der Waals surface area (Å²) in [6.45, 7) is 6.18. The first-order chi connectivity index (χ1) is 16.7. The van der Waals surface area contributed by atoms with Crippen LogP contribution in [-0.2, 0) is 15.0 Å². The highest BCUT2D eigenvalue weighted by Crippen LogP contribution is 2.46. The number of amides is 1. The molecule has 2 aliphatic rings. The summed E-state index contributed by atoms with van der Waals surface area (Å²) in [4.78, 5) is 28.6. The maximum absolute atomic E-state index is 13.5. The van der Waals surface area contributed by atoms with Crippen molar-refractivity contribution in [3.63, 3.8) is 0 Å². The van der Waals surface area contributed by atoms with Gasteiger partial charge in [0.1, 0.15) is 17.3 Å². The van der Waals surface area contributed by atoms with E-state index in [0.717, 1.165) is 37.7 Å². The minimum atomic E-state index is -0.713. The van der Waals surface area contributed by atoms with E-state index in [1.807, 2.05) is 30.3 Å². The minimum absolute atomic E-state index is 0.0542. The normalized spacial score (nSPS) is 20.8. The van der Waals surface area contributed by atoms with E-state index in [-0.39, 0.29) is 22.8 Å². The fourth-order valence-corrected chi connectivity index (χ4v) is 5.38. The number of hydrogen-bond donors (Lipinski definition) is 1. The topological polar surface area (TPSA) is 76.1 Å². The van der Waals surface area contributed by atoms with Crippen LogP contribution in [0.2, 0.25) is 0 Å². The number of rotatable bonds is 5. The number of nitrogens with zero attached hydrogens (tertiary/aromatic N) is 1. The lowest BCUT2D eigenvalue weighted by atomic mass is 9.84. The summed E-state index contributed by atoms with van der Waals surface area (Å²) in [5.74, 6) is -0.101. The number of Topliss-reactive ketones (excluding diaryl/α,β-unsaturated/α-hetero) is 1. The zero-order valence-electron chi connectivity index (χ0n) is 21.3. The number of ketones is 1. The molecule has 0 spiro atoms. The number of likely N-dealkylation sites (tertiary alicyclic amines) is 1. The van der Waals surface area contributed by atoms with Gasteiger partial charge in [0.15, 0.2) is 0 Å². The second-order valence-electron chi connectivity index (χ2n) is 10.4. The molecule has 1 atom stereocenters. The molecular formula is C29H35NO5. The Bertz CT molecular complexity index is 1150. The third-order valence-corrected chi connectivity index (χ3v) is 7.16. The van der Waals surface area contributed by atoms with Gasteiger partial charge in [-0.15, -0.1) is 0 Å². The van der Waals surface area contributed by atoms with Gasteiger partial charge >= 0.3 is 0 Å². The number of ether oxygens (including phenoxy) is 2. The molecule has 186 valence electrons. The van der Waals surface area contributed by atoms with Crippen molar-refractivity contribution in [2.45, 2.75) is 70.4 Å². The van der Waals surface area contributed by atoms with Gasteiger partial charge in [-0.1, -0.05) is 58.2 Å². The molecule has 2 aromatic carbocycles. The van der Waals surface area contributed by atoms with Crippen LogP contribution < -0.4 is 9.47 Å². The Balaban J connectivity index is 1.93. The molecule has 1 saturated heterocycles. The summed E-state index contributed by atoms with van der Waals surface area (Å²) in [5, 5.41) is 11.6. The van der Waals surface area contributed by atoms with Gasteiger partial charge in [0.25, 0.3) is 11.7 Å². The molecule has 1 aliphatic heterocycles. The van der Waals surface area contributed by atoms with E-state index >= 15 is 0 Å². The molecule has 1 saturated carbocycles. The Morgan fingerprint density at radius 1 is 0.943 bits per heavy atom. The Hall–Kier alpha value is -3.28. The van der Waals surface area contributed by atoms with Gasteiger partial charge in [-0.2, -0.15) is 0 Å². The summed E-state index contributed by atoms with van der Waals surface area (Å²) in [6, 6.07) is 12.0. The largest absolute Gasteiger partial charge is 0.507 e. The first kappa shape index (κ1) is 24.8. The van der Waals surface area contributed by atoms with Crippen LogP contribution in [0.5, 0.6) is 11.5 Å². The predicted molar refractivity (Wildman–Crippen MR) is 136 cm³/mol. The Kier molecular flexibility index (Phi) is 6.93. The van der Waals surface area contributed by atoms with E-state index in [4.69, 9.17) is 9.47 Å². The molecule has 1 aliphatic carbocycles. The van der Waals surface area contributed by atoms with E-state index in [2.05, 4.69) is 20.8 Å². The summed E-state index contributed by atoms with van der Waals surface area (Å²) >= 11 is 0. The number of methoxy groups -OCH3 is 2. The number of aliphatic hydroxyl groups excluding tert-OH is 1. The molecule has 2 aromatic rings. The van der Waals surface area contributed by atoms with Crippen molar-refractivity contribution in [3.05, 3.63) is 64.7 Å². The van der Waals surface area contributed by atoms with E-state index in [0.29, 0.717) is 22.6 Å². The lowest BCUT2D eigenvalue weighted by Gasteiger charge is -2.35. The summed E-state index contributed by atoms with van der Waals surface area (Å²) in [6.07, 6.45) is 4.84. The van der Waals surface area contributed by atoms with E-state index in [1.165, 1.54) is 0 Å². The zero-order chi connectivity index (χ0) is 25.3. The van der Waals surface area contributed by atoms with Crippen LogP contribution in [0.4, 0.5) is 0 Å². The van der Waals surface area contributed by atoms with E-state index in [1.54, 1.807) is 31.3 Å². The number of carbonyl (C=O) groups is 2. The lowest BCUT2D eigenvalue weighted by Crippen LogP contribution is -2.40. The molecule has 6 heteroatoms. The molecule has 0 bridgehead atoms. The summed E-state index contributed by atoms with van der Waals surface area (Å²) in [5.41, 5.74) is 1.94. The van der Waals surface area contributed by atoms with Crippen molar-refractivity contribution in [2.24, 2.45) is 0 Å². The second-order valence-corrected chi connectivity index (χ2v) is 10.4. The maximum atomic E-state index is 13.5. The third-order valence-electron chi connectivity index (χ3n) is 7.16. The van der Waals surface area contributed by atoms with Crippen molar-refractivity contribution < 1.29 is 24.2 Å². The first-order valence-electron chi connectivity index (χ1n) is 12.3. The molecule has 1 amide bonds. The Morgan fingerprint density at radius 2 is 1.60 bits per heavy atom. The number of carbonyl (C=O) groups excluding carboxylic acids is 2. The van der Waals surface area contributed by atoms with Crippen LogP contribution in [0.15, 0.2) is 48.0 Å². The third kappa shape index (κ3) is 4.54. The molecule has 35 heavy (non-hydrogen) atoms. The predicted octanol–water partition coefficient (Wildman–Crippen LogP) is 5.76. The highest BCUT2D eigenvalue weighted by molar-refractivity contribution is 6.46. The standard InChI is InChI=1S/C29H35NO5/c1-29(2,3)21-17-18(15-16-23(21)35-5)26(31)24-25(20-13-9-10-14-22(20)34-4)30(28(33)27(24)32)19-11-7-6-8-12-19/h9-10,13-17,19,25,31H,6-8,11-12H2,1-5H3/b26-24+. The Morgan fingerprint density at radius 3 is 2.23 bits per heavy atom. The Labute approximate surface area is 207 Å². The van der Waals surface area contributed by atoms with Crippen molar-refractivity contribution in [3.8, 4) is 11.5 Å². The molecule has 6 nitrogen and oxygen atoms in total. The van der Waals surface area contributed by atoms with Crippen LogP contribution in [0.1, 0.15) is 75.6 Å². The summed E-state index contributed by atoms with van der Waals surface area (Å²) in [7, 11) is 3.19. The number of hydrogen-bond acceptors (Lipinski definition) is 5. The molecular weight excluding hydrogens is 442 g/mol. The molecule has 1 unspecified atom stereocenters. The number of aliphatic hydroxyl groups is 1. The second kappa shape index (κ2) is 9.76. The van der Waals surface area contributed by atoms with Crippen LogP contribution in [0.25, 0.3) is 5.76 Å². The quantitative estimate of drug-likeness (QED) is 0.337. The monoisotopic (exact) mass is 477 g/mol. The van der Waals surface area contributed by atoms with Gasteiger partial charge in [-0.25, -0.2) is 0 Å². The van der Waals surface area contributed by atoms with Gasteiger partial charge in [0.2, 0.25) is 0 Å². The smallest absolute Gasteiger partial charge is 0.295 e. The maximum Gasteiger partial charge on any atom is 0.295 e. The molecule has 1 heterocycles. The fraction of sp³-hybridized carbons (Fsp3) is 0.448. The van der Waals surface area contributed by atoms with E-state index in [9.17, 15) is 14.7 Å².